The van der Waals surface area contributed by atoms with Gasteiger partial charge in [-0.05, 0) is 49.7 Å². The number of ether oxygens (including phenoxy) is 2. The molecular formula is C18H21ClN2O5S. The number of nitrogens with one attached hydrogen (secondary N) is 2. The maximum absolute atomic E-state index is 12.6. The third-order valence-corrected chi connectivity index (χ3v) is 5.10. The van der Waals surface area contributed by atoms with E-state index in [1.54, 1.807) is 38.1 Å². The van der Waals surface area contributed by atoms with Crippen molar-refractivity contribution in [1.29, 1.82) is 0 Å². The van der Waals surface area contributed by atoms with Crippen LogP contribution in [-0.4, -0.2) is 27.7 Å². The van der Waals surface area contributed by atoms with Gasteiger partial charge in [-0.1, -0.05) is 23.7 Å². The summed E-state index contributed by atoms with van der Waals surface area (Å²) in [6.45, 7) is 4.11. The molecular weight excluding hydrogens is 392 g/mol. The molecule has 0 heterocycles. The zero-order valence-corrected chi connectivity index (χ0v) is 16.6. The van der Waals surface area contributed by atoms with E-state index >= 15 is 0 Å². The molecule has 0 saturated heterocycles. The van der Waals surface area contributed by atoms with Crippen molar-refractivity contribution < 1.29 is 22.7 Å². The lowest BCUT2D eigenvalue weighted by molar-refractivity contribution is 0.167. The highest BCUT2D eigenvalue weighted by Crippen LogP contribution is 2.28. The number of carbonyl (C=O) groups is 1. The molecule has 0 bridgehead atoms. The molecule has 2 rings (SSSR count). The fourth-order valence-corrected chi connectivity index (χ4v) is 3.37. The molecule has 2 aromatic carbocycles. The SMILES string of the molecule is CCOC(=O)Nc1cc(S(=O)(=O)NCc2ccc(Cl)cc2)ccc1OCC. The molecule has 2 N–H and O–H groups in total. The van der Waals surface area contributed by atoms with Gasteiger partial charge >= 0.3 is 6.09 Å². The lowest BCUT2D eigenvalue weighted by Crippen LogP contribution is -2.23. The minimum atomic E-state index is -3.80. The Morgan fingerprint density at radius 3 is 2.41 bits per heavy atom. The first-order valence-electron chi connectivity index (χ1n) is 8.30. The Labute approximate surface area is 163 Å². The van der Waals surface area contributed by atoms with Gasteiger partial charge in [-0.2, -0.15) is 0 Å². The Hall–Kier alpha value is -2.29. The molecule has 0 atom stereocenters. The number of carbonyl (C=O) groups excluding carboxylic acids is 1. The third-order valence-electron chi connectivity index (χ3n) is 3.45. The van der Waals surface area contributed by atoms with Crippen molar-refractivity contribution in [1.82, 2.24) is 4.72 Å². The number of halogens is 1. The van der Waals surface area contributed by atoms with Gasteiger partial charge in [0.1, 0.15) is 5.75 Å². The molecule has 0 unspecified atom stereocenters. The lowest BCUT2D eigenvalue weighted by atomic mass is 10.2. The van der Waals surface area contributed by atoms with Crippen molar-refractivity contribution in [2.24, 2.45) is 0 Å². The molecule has 0 aliphatic rings. The summed E-state index contributed by atoms with van der Waals surface area (Å²) in [6, 6.07) is 11.1. The summed E-state index contributed by atoms with van der Waals surface area (Å²) in [5.74, 6) is 0.349. The normalized spacial score (nSPS) is 11.1. The number of rotatable bonds is 8. The molecule has 27 heavy (non-hydrogen) atoms. The number of anilines is 1. The Bertz CT molecular complexity index is 885. The molecule has 1 amide bonds. The Balaban J connectivity index is 2.21. The van der Waals surface area contributed by atoms with Crippen LogP contribution in [0.1, 0.15) is 19.4 Å². The quantitative estimate of drug-likeness (QED) is 0.688. The van der Waals surface area contributed by atoms with Gasteiger partial charge in [0.25, 0.3) is 0 Å². The van der Waals surface area contributed by atoms with Gasteiger partial charge < -0.3 is 9.47 Å². The third kappa shape index (κ3) is 6.13. The molecule has 0 aromatic heterocycles. The summed E-state index contributed by atoms with van der Waals surface area (Å²) in [4.78, 5) is 11.7. The fourth-order valence-electron chi connectivity index (χ4n) is 2.20. The summed E-state index contributed by atoms with van der Waals surface area (Å²) >= 11 is 5.82. The molecule has 7 nitrogen and oxygen atoms in total. The van der Waals surface area contributed by atoms with Crippen molar-refractivity contribution in [3.8, 4) is 5.75 Å². The van der Waals surface area contributed by atoms with E-state index < -0.39 is 16.1 Å². The summed E-state index contributed by atoms with van der Waals surface area (Å²) in [5, 5.41) is 3.07. The van der Waals surface area contributed by atoms with Crippen molar-refractivity contribution in [3.05, 3.63) is 53.1 Å². The molecule has 0 saturated carbocycles. The molecule has 0 fully saturated rings. The van der Waals surface area contributed by atoms with Crippen LogP contribution in [0.4, 0.5) is 10.5 Å². The molecule has 0 aliphatic carbocycles. The number of hydrogen-bond acceptors (Lipinski definition) is 5. The average Bonchev–Trinajstić information content (AvgIpc) is 2.63. The second kappa shape index (κ2) is 9.59. The second-order valence-electron chi connectivity index (χ2n) is 5.39. The smallest absolute Gasteiger partial charge is 0.411 e. The Morgan fingerprint density at radius 2 is 1.78 bits per heavy atom. The summed E-state index contributed by atoms with van der Waals surface area (Å²) < 4.78 is 37.9. The number of sulfonamides is 1. The Kier molecular flexibility index (Phi) is 7.46. The van der Waals surface area contributed by atoms with Crippen LogP contribution in [0.3, 0.4) is 0 Å². The Morgan fingerprint density at radius 1 is 1.07 bits per heavy atom. The van der Waals surface area contributed by atoms with Crippen LogP contribution >= 0.6 is 11.6 Å². The van der Waals surface area contributed by atoms with Gasteiger partial charge in [0, 0.05) is 11.6 Å². The van der Waals surface area contributed by atoms with Crippen LogP contribution < -0.4 is 14.8 Å². The van der Waals surface area contributed by atoms with E-state index in [2.05, 4.69) is 10.0 Å². The summed E-state index contributed by atoms with van der Waals surface area (Å²) in [6.07, 6.45) is -0.692. The highest BCUT2D eigenvalue weighted by atomic mass is 35.5. The monoisotopic (exact) mass is 412 g/mol. The molecule has 2 aromatic rings. The standard InChI is InChI=1S/C18H21ClN2O5S/c1-3-25-17-10-9-15(11-16(17)21-18(22)26-4-2)27(23,24)20-12-13-5-7-14(19)8-6-13/h5-11,20H,3-4,12H2,1-2H3,(H,21,22). The first-order chi connectivity index (χ1) is 12.9. The first-order valence-corrected chi connectivity index (χ1v) is 10.2. The predicted octanol–water partition coefficient (Wildman–Crippen LogP) is 3.79. The van der Waals surface area contributed by atoms with Gasteiger partial charge in [-0.3, -0.25) is 5.32 Å². The predicted molar refractivity (Wildman–Crippen MR) is 104 cm³/mol. The van der Waals surface area contributed by atoms with Crippen molar-refractivity contribution in [3.63, 3.8) is 0 Å². The minimum Gasteiger partial charge on any atom is -0.492 e. The summed E-state index contributed by atoms with van der Waals surface area (Å²) in [7, 11) is -3.80. The van der Waals surface area contributed by atoms with Crippen LogP contribution in [-0.2, 0) is 21.3 Å². The topological polar surface area (TPSA) is 93.7 Å². The number of hydrogen-bond donors (Lipinski definition) is 2. The van der Waals surface area contributed by atoms with Crippen LogP contribution in [0, 0.1) is 0 Å². The van der Waals surface area contributed by atoms with Gasteiger partial charge in [0.2, 0.25) is 10.0 Å². The molecule has 0 radical (unpaired) electrons. The van der Waals surface area contributed by atoms with Gasteiger partial charge in [-0.15, -0.1) is 0 Å². The second-order valence-corrected chi connectivity index (χ2v) is 7.59. The van der Waals surface area contributed by atoms with Crippen LogP contribution in [0.15, 0.2) is 47.4 Å². The van der Waals surface area contributed by atoms with Crippen LogP contribution in [0.2, 0.25) is 5.02 Å². The zero-order chi connectivity index (χ0) is 19.9. The average molecular weight is 413 g/mol. The van der Waals surface area contributed by atoms with Gasteiger partial charge in [0.05, 0.1) is 23.8 Å². The maximum atomic E-state index is 12.6. The highest BCUT2D eigenvalue weighted by Gasteiger charge is 2.18. The number of benzene rings is 2. The van der Waals surface area contributed by atoms with Gasteiger partial charge in [-0.25, -0.2) is 17.9 Å². The highest BCUT2D eigenvalue weighted by molar-refractivity contribution is 7.89. The maximum Gasteiger partial charge on any atom is 0.411 e. The minimum absolute atomic E-state index is 0.00767. The van der Waals surface area contributed by atoms with E-state index in [4.69, 9.17) is 21.1 Å². The van der Waals surface area contributed by atoms with Crippen molar-refractivity contribution >= 4 is 33.4 Å². The van der Waals surface area contributed by atoms with Crippen molar-refractivity contribution in [2.75, 3.05) is 18.5 Å². The zero-order valence-electron chi connectivity index (χ0n) is 15.0. The van der Waals surface area contributed by atoms with Gasteiger partial charge in [0.15, 0.2) is 0 Å². The molecule has 0 aliphatic heterocycles. The number of amides is 1. The van der Waals surface area contributed by atoms with E-state index in [-0.39, 0.29) is 23.7 Å². The van der Waals surface area contributed by atoms with Crippen LogP contribution in [0.25, 0.3) is 0 Å². The van der Waals surface area contributed by atoms with E-state index in [9.17, 15) is 13.2 Å². The largest absolute Gasteiger partial charge is 0.492 e. The molecule has 9 heteroatoms. The van der Waals surface area contributed by atoms with Crippen molar-refractivity contribution in [2.45, 2.75) is 25.3 Å². The van der Waals surface area contributed by atoms with Crippen LogP contribution in [0.5, 0.6) is 5.75 Å². The summed E-state index contributed by atoms with van der Waals surface area (Å²) in [5.41, 5.74) is 0.975. The van der Waals surface area contributed by atoms with E-state index in [0.717, 1.165) is 5.56 Å². The lowest BCUT2D eigenvalue weighted by Gasteiger charge is -2.14. The molecule has 146 valence electrons. The fraction of sp³-hybridized carbons (Fsp3) is 0.278. The molecule has 0 spiro atoms. The van der Waals surface area contributed by atoms with E-state index in [0.29, 0.717) is 17.4 Å². The van der Waals surface area contributed by atoms with E-state index in [1.165, 1.54) is 18.2 Å². The first kappa shape index (κ1) is 21.0. The van der Waals surface area contributed by atoms with E-state index in [1.807, 2.05) is 0 Å².